The van der Waals surface area contributed by atoms with E-state index in [2.05, 4.69) is 11.4 Å². The summed E-state index contributed by atoms with van der Waals surface area (Å²) in [6, 6.07) is 5.25. The van der Waals surface area contributed by atoms with Gasteiger partial charge in [0, 0.05) is 5.69 Å². The quantitative estimate of drug-likeness (QED) is 0.810. The van der Waals surface area contributed by atoms with Crippen LogP contribution in [0.5, 0.6) is 0 Å². The van der Waals surface area contributed by atoms with E-state index in [-0.39, 0.29) is 21.6 Å². The second kappa shape index (κ2) is 5.90. The fourth-order valence-electron chi connectivity index (χ4n) is 2.45. The number of anilines is 2. The van der Waals surface area contributed by atoms with Crippen molar-refractivity contribution in [3.05, 3.63) is 22.2 Å². The van der Waals surface area contributed by atoms with Crippen molar-refractivity contribution in [2.75, 3.05) is 11.1 Å². The Balaban J connectivity index is 2.21. The number of nitrogens with zero attached hydrogens (tertiary/aromatic N) is 1. The Morgan fingerprint density at radius 1 is 1.25 bits per heavy atom. The van der Waals surface area contributed by atoms with Crippen LogP contribution in [0.3, 0.4) is 0 Å². The molecule has 1 aromatic rings. The number of carbonyl (C=O) groups is 1. The molecule has 20 heavy (non-hydrogen) atoms. The van der Waals surface area contributed by atoms with Crippen LogP contribution in [0.4, 0.5) is 11.4 Å². The number of rotatable bonds is 2. The van der Waals surface area contributed by atoms with E-state index in [1.54, 1.807) is 0 Å². The molecule has 0 aliphatic heterocycles. The Kier molecular flexibility index (Phi) is 4.42. The number of nitriles is 1. The number of hydrogen-bond acceptors (Lipinski definition) is 3. The summed E-state index contributed by atoms with van der Waals surface area (Å²) < 4.78 is 0. The molecule has 1 amide bonds. The topological polar surface area (TPSA) is 78.9 Å². The molecule has 1 fully saturated rings. The van der Waals surface area contributed by atoms with Gasteiger partial charge in [-0.3, -0.25) is 4.79 Å². The predicted molar refractivity (Wildman–Crippen MR) is 80.6 cm³/mol. The summed E-state index contributed by atoms with van der Waals surface area (Å²) >= 11 is 11.9. The van der Waals surface area contributed by atoms with Crippen LogP contribution in [-0.4, -0.2) is 5.91 Å². The van der Waals surface area contributed by atoms with E-state index >= 15 is 0 Å². The van der Waals surface area contributed by atoms with Crippen LogP contribution < -0.4 is 11.1 Å². The number of halogens is 2. The first-order valence-corrected chi connectivity index (χ1v) is 7.21. The van der Waals surface area contributed by atoms with Crippen LogP contribution in [0.25, 0.3) is 0 Å². The van der Waals surface area contributed by atoms with Crippen molar-refractivity contribution in [3.63, 3.8) is 0 Å². The third kappa shape index (κ3) is 2.84. The van der Waals surface area contributed by atoms with Crippen LogP contribution >= 0.6 is 23.2 Å². The molecule has 0 unspecified atom stereocenters. The molecule has 1 aliphatic rings. The van der Waals surface area contributed by atoms with E-state index in [1.807, 2.05) is 0 Å². The zero-order valence-electron chi connectivity index (χ0n) is 10.9. The minimum Gasteiger partial charge on any atom is -0.396 e. The standard InChI is InChI=1S/C14H15Cl2N3O/c15-10-6-9(7-11(16)12(10)18)19-13(20)14(8-17)4-2-1-3-5-14/h6-7H,1-5,18H2,(H,19,20). The van der Waals surface area contributed by atoms with Crippen molar-refractivity contribution in [1.82, 2.24) is 0 Å². The van der Waals surface area contributed by atoms with Crippen molar-refractivity contribution >= 4 is 40.5 Å². The average molecular weight is 312 g/mol. The van der Waals surface area contributed by atoms with E-state index in [0.29, 0.717) is 18.5 Å². The zero-order chi connectivity index (χ0) is 14.8. The van der Waals surface area contributed by atoms with E-state index in [4.69, 9.17) is 28.9 Å². The Labute approximate surface area is 127 Å². The normalized spacial score (nSPS) is 17.2. The molecule has 0 aromatic heterocycles. The smallest absolute Gasteiger partial charge is 0.244 e. The molecule has 0 atom stereocenters. The van der Waals surface area contributed by atoms with Gasteiger partial charge in [-0.2, -0.15) is 5.26 Å². The average Bonchev–Trinajstić information content (AvgIpc) is 2.45. The Morgan fingerprint density at radius 2 is 1.80 bits per heavy atom. The van der Waals surface area contributed by atoms with Crippen LogP contribution in [-0.2, 0) is 4.79 Å². The monoisotopic (exact) mass is 311 g/mol. The van der Waals surface area contributed by atoms with Gasteiger partial charge in [-0.25, -0.2) is 0 Å². The molecule has 1 aromatic carbocycles. The van der Waals surface area contributed by atoms with E-state index in [1.165, 1.54) is 12.1 Å². The maximum absolute atomic E-state index is 12.4. The molecule has 3 N–H and O–H groups in total. The summed E-state index contributed by atoms with van der Waals surface area (Å²) in [6.45, 7) is 0. The van der Waals surface area contributed by atoms with Crippen molar-refractivity contribution in [2.45, 2.75) is 32.1 Å². The SMILES string of the molecule is N#CC1(C(=O)Nc2cc(Cl)c(N)c(Cl)c2)CCCCC1. The molecular weight excluding hydrogens is 297 g/mol. The highest BCUT2D eigenvalue weighted by atomic mass is 35.5. The highest BCUT2D eigenvalue weighted by molar-refractivity contribution is 6.39. The van der Waals surface area contributed by atoms with Gasteiger partial charge in [-0.15, -0.1) is 0 Å². The number of carbonyl (C=O) groups excluding carboxylic acids is 1. The van der Waals surface area contributed by atoms with Crippen molar-refractivity contribution < 1.29 is 4.79 Å². The second-order valence-corrected chi connectivity index (χ2v) is 5.88. The van der Waals surface area contributed by atoms with Crippen LogP contribution in [0.15, 0.2) is 12.1 Å². The number of nitrogen functional groups attached to an aromatic ring is 1. The Bertz CT molecular complexity index is 551. The first-order valence-electron chi connectivity index (χ1n) is 6.46. The van der Waals surface area contributed by atoms with Crippen LogP contribution in [0.2, 0.25) is 10.0 Å². The van der Waals surface area contributed by atoms with Gasteiger partial charge in [0.25, 0.3) is 0 Å². The van der Waals surface area contributed by atoms with Gasteiger partial charge >= 0.3 is 0 Å². The highest BCUT2D eigenvalue weighted by Gasteiger charge is 2.39. The molecule has 0 bridgehead atoms. The fourth-order valence-corrected chi connectivity index (χ4v) is 2.94. The van der Waals surface area contributed by atoms with E-state index < -0.39 is 5.41 Å². The Hall–Kier alpha value is -1.44. The third-order valence-corrected chi connectivity index (χ3v) is 4.32. The number of amides is 1. The highest BCUT2D eigenvalue weighted by Crippen LogP contribution is 2.38. The minimum absolute atomic E-state index is 0.277. The van der Waals surface area contributed by atoms with Gasteiger partial charge in [0.15, 0.2) is 0 Å². The third-order valence-electron chi connectivity index (χ3n) is 3.69. The zero-order valence-corrected chi connectivity index (χ0v) is 12.4. The first kappa shape index (κ1) is 15.0. The Morgan fingerprint density at radius 3 is 2.30 bits per heavy atom. The van der Waals surface area contributed by atoms with Crippen molar-refractivity contribution in [2.24, 2.45) is 5.41 Å². The first-order chi connectivity index (χ1) is 9.48. The van der Waals surface area contributed by atoms with Gasteiger partial charge in [0.05, 0.1) is 21.8 Å². The minimum atomic E-state index is -0.946. The van der Waals surface area contributed by atoms with Crippen LogP contribution in [0, 0.1) is 16.7 Å². The van der Waals surface area contributed by atoms with Crippen molar-refractivity contribution in [1.29, 1.82) is 5.26 Å². The van der Waals surface area contributed by atoms with E-state index in [9.17, 15) is 10.1 Å². The molecule has 0 heterocycles. The summed E-state index contributed by atoms with van der Waals surface area (Å²) in [6.07, 6.45) is 4.03. The molecule has 0 saturated heterocycles. The lowest BCUT2D eigenvalue weighted by molar-refractivity contribution is -0.124. The maximum Gasteiger partial charge on any atom is 0.244 e. The largest absolute Gasteiger partial charge is 0.396 e. The second-order valence-electron chi connectivity index (χ2n) is 5.06. The molecule has 6 heteroatoms. The van der Waals surface area contributed by atoms with Gasteiger partial charge < -0.3 is 11.1 Å². The molecule has 106 valence electrons. The molecule has 1 aliphatic carbocycles. The fraction of sp³-hybridized carbons (Fsp3) is 0.429. The molecule has 0 radical (unpaired) electrons. The molecule has 1 saturated carbocycles. The van der Waals surface area contributed by atoms with Gasteiger partial charge in [-0.1, -0.05) is 42.5 Å². The van der Waals surface area contributed by atoms with Gasteiger partial charge in [0.2, 0.25) is 5.91 Å². The summed E-state index contributed by atoms with van der Waals surface area (Å²) in [5.41, 5.74) is 5.44. The molecule has 4 nitrogen and oxygen atoms in total. The number of hydrogen-bond donors (Lipinski definition) is 2. The summed E-state index contributed by atoms with van der Waals surface area (Å²) in [7, 11) is 0. The predicted octanol–water partition coefficient (Wildman–Crippen LogP) is 3.99. The molecular formula is C14H15Cl2N3O. The number of benzene rings is 1. The molecule has 0 spiro atoms. The van der Waals surface area contributed by atoms with Gasteiger partial charge in [0.1, 0.15) is 5.41 Å². The molecule has 2 rings (SSSR count). The van der Waals surface area contributed by atoms with Gasteiger partial charge in [-0.05, 0) is 25.0 Å². The lowest BCUT2D eigenvalue weighted by Crippen LogP contribution is -2.36. The van der Waals surface area contributed by atoms with Crippen molar-refractivity contribution in [3.8, 4) is 6.07 Å². The summed E-state index contributed by atoms with van der Waals surface area (Å²) in [5.74, 6) is -0.295. The van der Waals surface area contributed by atoms with E-state index in [0.717, 1.165) is 19.3 Å². The number of nitrogens with one attached hydrogen (secondary N) is 1. The summed E-state index contributed by atoms with van der Waals surface area (Å²) in [4.78, 5) is 12.4. The lowest BCUT2D eigenvalue weighted by Gasteiger charge is -2.29. The lowest BCUT2D eigenvalue weighted by atomic mass is 9.74. The summed E-state index contributed by atoms with van der Waals surface area (Å²) in [5, 5.41) is 12.6. The van der Waals surface area contributed by atoms with Crippen LogP contribution in [0.1, 0.15) is 32.1 Å². The number of nitrogens with two attached hydrogens (primary N) is 1. The maximum atomic E-state index is 12.4.